The molecule has 1 heterocycles. The van der Waals surface area contributed by atoms with Crippen LogP contribution in [0.4, 0.5) is 0 Å². The number of nitrogens with zero attached hydrogens (tertiary/aromatic N) is 1. The fourth-order valence-electron chi connectivity index (χ4n) is 1.35. The predicted octanol–water partition coefficient (Wildman–Crippen LogP) is 3.57. The Kier molecular flexibility index (Phi) is 3.84. The van der Waals surface area contributed by atoms with E-state index in [0.29, 0.717) is 11.3 Å². The normalized spacial score (nSPS) is 10.1. The highest BCUT2D eigenvalue weighted by atomic mass is 79.9. The van der Waals surface area contributed by atoms with E-state index in [1.54, 1.807) is 18.2 Å². The number of aromatic nitrogens is 1. The molecule has 4 nitrogen and oxygen atoms in total. The van der Waals surface area contributed by atoms with Gasteiger partial charge in [0.05, 0.1) is 0 Å². The van der Waals surface area contributed by atoms with Crippen molar-refractivity contribution in [3.8, 4) is 11.6 Å². The third-order valence-electron chi connectivity index (χ3n) is 2.16. The summed E-state index contributed by atoms with van der Waals surface area (Å²) in [4.78, 5) is 4.02. The van der Waals surface area contributed by atoms with Gasteiger partial charge in [-0.25, -0.2) is 4.98 Å². The molecule has 1 aromatic carbocycles. The number of nitrogens with two attached hydrogens (primary N) is 1. The Balaban J connectivity index is 2.35. The number of rotatable bonds is 3. The number of nitrogen functional groups attached to an aromatic ring is 1. The molecule has 0 bridgehead atoms. The molecule has 0 aliphatic rings. The predicted molar refractivity (Wildman–Crippen MR) is 74.5 cm³/mol. The van der Waals surface area contributed by atoms with Gasteiger partial charge in [-0.15, -0.1) is 0 Å². The molecule has 0 aliphatic heterocycles. The van der Waals surface area contributed by atoms with Gasteiger partial charge in [0.2, 0.25) is 5.88 Å². The molecular weight excluding hydrogens is 318 g/mol. The van der Waals surface area contributed by atoms with Gasteiger partial charge in [-0.3, -0.25) is 5.41 Å². The summed E-state index contributed by atoms with van der Waals surface area (Å²) < 4.78 is 6.44. The summed E-state index contributed by atoms with van der Waals surface area (Å²) in [6.07, 6.45) is 1.50. The molecule has 18 heavy (non-hydrogen) atoms. The second kappa shape index (κ2) is 5.37. The Labute approximate surface area is 117 Å². The summed E-state index contributed by atoms with van der Waals surface area (Å²) in [5.74, 6) is 0.698. The zero-order chi connectivity index (χ0) is 13.1. The van der Waals surface area contributed by atoms with E-state index in [0.717, 1.165) is 4.47 Å². The molecule has 0 radical (unpaired) electrons. The van der Waals surface area contributed by atoms with Crippen LogP contribution >= 0.6 is 27.5 Å². The van der Waals surface area contributed by atoms with E-state index in [1.165, 1.54) is 6.20 Å². The van der Waals surface area contributed by atoms with Gasteiger partial charge in [0.15, 0.2) is 0 Å². The van der Waals surface area contributed by atoms with Crippen molar-refractivity contribution in [1.82, 2.24) is 4.98 Å². The van der Waals surface area contributed by atoms with Crippen LogP contribution in [0, 0.1) is 5.41 Å². The molecule has 3 N–H and O–H groups in total. The molecule has 0 saturated heterocycles. The molecule has 6 heteroatoms. The van der Waals surface area contributed by atoms with E-state index in [-0.39, 0.29) is 16.7 Å². The lowest BCUT2D eigenvalue weighted by Gasteiger charge is -2.09. The summed E-state index contributed by atoms with van der Waals surface area (Å²) in [7, 11) is 0. The molecular formula is C12H9BrClN3O. The van der Waals surface area contributed by atoms with Gasteiger partial charge in [-0.2, -0.15) is 0 Å². The van der Waals surface area contributed by atoms with E-state index in [4.69, 9.17) is 27.5 Å². The Morgan fingerprint density at radius 2 is 2.17 bits per heavy atom. The number of ether oxygens (including phenoxy) is 1. The van der Waals surface area contributed by atoms with Crippen molar-refractivity contribution in [2.24, 2.45) is 5.73 Å². The fraction of sp³-hybridized carbons (Fsp3) is 0. The van der Waals surface area contributed by atoms with E-state index in [1.807, 2.05) is 12.1 Å². The standard InChI is InChI=1S/C12H9BrClN3O/c13-7-2-1-3-8(6-7)18-12-10(14)9(11(15)16)4-5-17-12/h1-6H,(H3,15,16). The van der Waals surface area contributed by atoms with Crippen LogP contribution in [-0.2, 0) is 0 Å². The highest BCUT2D eigenvalue weighted by Crippen LogP contribution is 2.30. The average Bonchev–Trinajstić information content (AvgIpc) is 2.31. The summed E-state index contributed by atoms with van der Waals surface area (Å²) in [5, 5.41) is 7.62. The third-order valence-corrected chi connectivity index (χ3v) is 3.02. The second-order valence-electron chi connectivity index (χ2n) is 3.45. The van der Waals surface area contributed by atoms with Crippen LogP contribution in [0.15, 0.2) is 41.0 Å². The number of hydrogen-bond donors (Lipinski definition) is 2. The molecule has 0 amide bonds. The number of pyridine rings is 1. The quantitative estimate of drug-likeness (QED) is 0.669. The van der Waals surface area contributed by atoms with Crippen molar-refractivity contribution in [3.63, 3.8) is 0 Å². The number of nitrogens with one attached hydrogen (secondary N) is 1. The van der Waals surface area contributed by atoms with Gasteiger partial charge >= 0.3 is 0 Å². The minimum atomic E-state index is -0.124. The van der Waals surface area contributed by atoms with Crippen LogP contribution in [-0.4, -0.2) is 10.8 Å². The summed E-state index contributed by atoms with van der Waals surface area (Å²) in [6.45, 7) is 0. The molecule has 0 saturated carbocycles. The molecule has 92 valence electrons. The summed E-state index contributed by atoms with van der Waals surface area (Å²) in [5.41, 5.74) is 5.81. The van der Waals surface area contributed by atoms with Crippen molar-refractivity contribution in [1.29, 1.82) is 5.41 Å². The monoisotopic (exact) mass is 325 g/mol. The lowest BCUT2D eigenvalue weighted by atomic mass is 10.2. The first kappa shape index (κ1) is 12.9. The van der Waals surface area contributed by atoms with Crippen molar-refractivity contribution < 1.29 is 4.74 Å². The molecule has 0 fully saturated rings. The summed E-state index contributed by atoms with van der Waals surface area (Å²) in [6, 6.07) is 8.86. The number of halogens is 2. The largest absolute Gasteiger partial charge is 0.437 e. The van der Waals surface area contributed by atoms with Crippen LogP contribution in [0.2, 0.25) is 5.02 Å². The Morgan fingerprint density at radius 1 is 1.39 bits per heavy atom. The zero-order valence-electron chi connectivity index (χ0n) is 9.15. The van der Waals surface area contributed by atoms with Gasteiger partial charge < -0.3 is 10.5 Å². The first-order chi connectivity index (χ1) is 8.58. The lowest BCUT2D eigenvalue weighted by Crippen LogP contribution is -2.12. The van der Waals surface area contributed by atoms with Gasteiger partial charge in [0, 0.05) is 16.2 Å². The van der Waals surface area contributed by atoms with Crippen LogP contribution in [0.3, 0.4) is 0 Å². The summed E-state index contributed by atoms with van der Waals surface area (Å²) >= 11 is 9.42. The van der Waals surface area contributed by atoms with Gasteiger partial charge in [-0.05, 0) is 24.3 Å². The second-order valence-corrected chi connectivity index (χ2v) is 4.74. The van der Waals surface area contributed by atoms with Crippen molar-refractivity contribution in [2.45, 2.75) is 0 Å². The van der Waals surface area contributed by atoms with Gasteiger partial charge in [-0.1, -0.05) is 33.6 Å². The number of hydrogen-bond acceptors (Lipinski definition) is 3. The first-order valence-corrected chi connectivity index (χ1v) is 6.17. The smallest absolute Gasteiger partial charge is 0.238 e. The molecule has 0 spiro atoms. The molecule has 2 rings (SSSR count). The Morgan fingerprint density at radius 3 is 2.83 bits per heavy atom. The van der Waals surface area contributed by atoms with Gasteiger partial charge in [0.1, 0.15) is 16.6 Å². The third kappa shape index (κ3) is 2.80. The Hall–Kier alpha value is -1.59. The molecule has 0 atom stereocenters. The maximum atomic E-state index is 7.39. The van der Waals surface area contributed by atoms with Crippen molar-refractivity contribution in [2.75, 3.05) is 0 Å². The highest BCUT2D eigenvalue weighted by Gasteiger charge is 2.11. The van der Waals surface area contributed by atoms with E-state index in [2.05, 4.69) is 20.9 Å². The van der Waals surface area contributed by atoms with Crippen LogP contribution < -0.4 is 10.5 Å². The Bertz CT molecular complexity index is 604. The fourth-order valence-corrected chi connectivity index (χ4v) is 1.98. The highest BCUT2D eigenvalue weighted by molar-refractivity contribution is 9.10. The van der Waals surface area contributed by atoms with Crippen LogP contribution in [0.25, 0.3) is 0 Å². The minimum absolute atomic E-state index is 0.124. The van der Waals surface area contributed by atoms with E-state index < -0.39 is 0 Å². The topological polar surface area (TPSA) is 72.0 Å². The van der Waals surface area contributed by atoms with Crippen molar-refractivity contribution >= 4 is 33.4 Å². The van der Waals surface area contributed by atoms with Crippen molar-refractivity contribution in [3.05, 3.63) is 51.6 Å². The first-order valence-electron chi connectivity index (χ1n) is 5.00. The van der Waals surface area contributed by atoms with Crippen LogP contribution in [0.5, 0.6) is 11.6 Å². The maximum absolute atomic E-state index is 7.39. The number of amidine groups is 1. The molecule has 0 aliphatic carbocycles. The molecule has 2 aromatic rings. The van der Waals surface area contributed by atoms with Gasteiger partial charge in [0.25, 0.3) is 0 Å². The molecule has 1 aromatic heterocycles. The number of benzene rings is 1. The average molecular weight is 327 g/mol. The lowest BCUT2D eigenvalue weighted by molar-refractivity contribution is 0.463. The molecule has 0 unspecified atom stereocenters. The zero-order valence-corrected chi connectivity index (χ0v) is 11.5. The SMILES string of the molecule is N=C(N)c1ccnc(Oc2cccc(Br)c2)c1Cl. The van der Waals surface area contributed by atoms with E-state index in [9.17, 15) is 0 Å². The minimum Gasteiger partial charge on any atom is -0.437 e. The van der Waals surface area contributed by atoms with Crippen LogP contribution in [0.1, 0.15) is 5.56 Å². The van der Waals surface area contributed by atoms with E-state index >= 15 is 0 Å². The maximum Gasteiger partial charge on any atom is 0.238 e.